The summed E-state index contributed by atoms with van der Waals surface area (Å²) in [5, 5.41) is 13.2. The van der Waals surface area contributed by atoms with E-state index in [1.807, 2.05) is 13.8 Å². The van der Waals surface area contributed by atoms with Crippen molar-refractivity contribution in [2.45, 2.75) is 31.7 Å². The van der Waals surface area contributed by atoms with Gasteiger partial charge in [-0.2, -0.15) is 4.98 Å². The molecule has 0 aliphatic heterocycles. The molecule has 3 rings (SSSR count). The minimum Gasteiger partial charge on any atom is -0.410 e. The molecule has 0 N–H and O–H groups in total. The van der Waals surface area contributed by atoms with Crippen LogP contribution in [-0.2, 0) is 5.75 Å². The Morgan fingerprint density at radius 2 is 2.00 bits per heavy atom. The average molecular weight is 309 g/mol. The number of nitrogens with zero attached hydrogens (tertiary/aromatic N) is 5. The molecular weight excluding hydrogens is 298 g/mol. The van der Waals surface area contributed by atoms with Gasteiger partial charge in [0.2, 0.25) is 5.89 Å². The predicted molar refractivity (Wildman–Crippen MR) is 73.5 cm³/mol. The minimum absolute atomic E-state index is 0.473. The molecular formula is C11H11N5O2S2. The largest absolute Gasteiger partial charge is 0.410 e. The standard InChI is InChI=1S/C11H11N5O2S2/c1-5-9(20-7(3)12-5)10-14-15-11(17-10)19-4-8-13-6(2)16-18-8/h4H2,1-3H3. The topological polar surface area (TPSA) is 90.7 Å². The van der Waals surface area contributed by atoms with E-state index < -0.39 is 0 Å². The predicted octanol–water partition coefficient (Wildman–Crippen LogP) is 2.79. The molecule has 3 heterocycles. The Kier molecular flexibility index (Phi) is 3.53. The van der Waals surface area contributed by atoms with Gasteiger partial charge >= 0.3 is 0 Å². The fraction of sp³-hybridized carbons (Fsp3) is 0.364. The number of aromatic nitrogens is 5. The molecule has 0 radical (unpaired) electrons. The van der Waals surface area contributed by atoms with Crippen LogP contribution in [0.1, 0.15) is 22.4 Å². The van der Waals surface area contributed by atoms with Crippen molar-refractivity contribution >= 4 is 23.1 Å². The highest BCUT2D eigenvalue weighted by atomic mass is 32.2. The summed E-state index contributed by atoms with van der Waals surface area (Å²) in [7, 11) is 0. The summed E-state index contributed by atoms with van der Waals surface area (Å²) in [6, 6.07) is 0. The van der Waals surface area contributed by atoms with Crippen molar-refractivity contribution in [3.8, 4) is 10.8 Å². The Morgan fingerprint density at radius 1 is 1.15 bits per heavy atom. The monoisotopic (exact) mass is 309 g/mol. The van der Waals surface area contributed by atoms with Gasteiger partial charge in [-0.1, -0.05) is 16.9 Å². The maximum Gasteiger partial charge on any atom is 0.277 e. The van der Waals surface area contributed by atoms with Crippen LogP contribution >= 0.6 is 23.1 Å². The molecule has 3 aromatic heterocycles. The van der Waals surface area contributed by atoms with Crippen LogP contribution in [0.3, 0.4) is 0 Å². The number of hydrogen-bond acceptors (Lipinski definition) is 9. The van der Waals surface area contributed by atoms with Gasteiger partial charge in [0, 0.05) is 0 Å². The fourth-order valence-corrected chi connectivity index (χ4v) is 3.05. The Morgan fingerprint density at radius 3 is 2.65 bits per heavy atom. The van der Waals surface area contributed by atoms with E-state index in [1.54, 1.807) is 18.3 Å². The zero-order valence-electron chi connectivity index (χ0n) is 11.1. The quantitative estimate of drug-likeness (QED) is 0.679. The molecule has 0 aromatic carbocycles. The molecule has 3 aromatic rings. The molecule has 0 saturated heterocycles. The van der Waals surface area contributed by atoms with Gasteiger partial charge in [0.15, 0.2) is 5.82 Å². The van der Waals surface area contributed by atoms with Gasteiger partial charge in [-0.15, -0.1) is 21.5 Å². The lowest BCUT2D eigenvalue weighted by molar-refractivity contribution is 0.386. The van der Waals surface area contributed by atoms with Gasteiger partial charge < -0.3 is 8.94 Å². The van der Waals surface area contributed by atoms with Crippen molar-refractivity contribution in [1.29, 1.82) is 0 Å². The third-order valence-corrected chi connectivity index (χ3v) is 4.26. The summed E-state index contributed by atoms with van der Waals surface area (Å²) < 4.78 is 10.6. The summed E-state index contributed by atoms with van der Waals surface area (Å²) in [6.45, 7) is 5.65. The van der Waals surface area contributed by atoms with Crippen LogP contribution in [0, 0.1) is 20.8 Å². The first-order valence-electron chi connectivity index (χ1n) is 5.81. The Balaban J connectivity index is 1.72. The molecule has 0 aliphatic rings. The summed E-state index contributed by atoms with van der Waals surface area (Å²) in [5.41, 5.74) is 0.903. The summed E-state index contributed by atoms with van der Waals surface area (Å²) in [6.07, 6.45) is 0. The van der Waals surface area contributed by atoms with Crippen LogP contribution in [-0.4, -0.2) is 25.3 Å². The van der Waals surface area contributed by atoms with Gasteiger partial charge in [0.1, 0.15) is 4.88 Å². The van der Waals surface area contributed by atoms with E-state index >= 15 is 0 Å². The van der Waals surface area contributed by atoms with E-state index in [4.69, 9.17) is 8.94 Å². The molecule has 7 nitrogen and oxygen atoms in total. The van der Waals surface area contributed by atoms with Crippen molar-refractivity contribution in [1.82, 2.24) is 25.3 Å². The van der Waals surface area contributed by atoms with Gasteiger partial charge in [-0.3, -0.25) is 0 Å². The fourth-order valence-electron chi connectivity index (χ4n) is 1.61. The van der Waals surface area contributed by atoms with Crippen LogP contribution in [0.25, 0.3) is 10.8 Å². The molecule has 20 heavy (non-hydrogen) atoms. The van der Waals surface area contributed by atoms with Crippen LogP contribution in [0.2, 0.25) is 0 Å². The van der Waals surface area contributed by atoms with Crippen molar-refractivity contribution < 1.29 is 8.94 Å². The zero-order valence-corrected chi connectivity index (χ0v) is 12.7. The smallest absolute Gasteiger partial charge is 0.277 e. The van der Waals surface area contributed by atoms with E-state index in [9.17, 15) is 0 Å². The number of aryl methyl sites for hydroxylation is 3. The zero-order chi connectivity index (χ0) is 14.1. The first-order chi connectivity index (χ1) is 9.61. The van der Waals surface area contributed by atoms with Crippen molar-refractivity contribution in [2.75, 3.05) is 0 Å². The molecule has 0 atom stereocenters. The van der Waals surface area contributed by atoms with Crippen molar-refractivity contribution in [3.63, 3.8) is 0 Å². The third-order valence-electron chi connectivity index (χ3n) is 2.39. The van der Waals surface area contributed by atoms with Crippen molar-refractivity contribution in [3.05, 3.63) is 22.4 Å². The highest BCUT2D eigenvalue weighted by Gasteiger charge is 2.15. The average Bonchev–Trinajstić information content (AvgIpc) is 3.08. The van der Waals surface area contributed by atoms with Gasteiger partial charge in [0.05, 0.1) is 16.5 Å². The number of thioether (sulfide) groups is 1. The summed E-state index contributed by atoms with van der Waals surface area (Å²) in [4.78, 5) is 9.37. The number of hydrogen-bond donors (Lipinski definition) is 0. The highest BCUT2D eigenvalue weighted by molar-refractivity contribution is 7.98. The molecule has 0 fully saturated rings. The van der Waals surface area contributed by atoms with E-state index in [1.165, 1.54) is 11.8 Å². The van der Waals surface area contributed by atoms with Crippen LogP contribution < -0.4 is 0 Å². The molecule has 0 bridgehead atoms. The Hall–Kier alpha value is -1.74. The summed E-state index contributed by atoms with van der Waals surface area (Å²) >= 11 is 2.90. The maximum absolute atomic E-state index is 5.61. The lowest BCUT2D eigenvalue weighted by atomic mass is 10.4. The van der Waals surface area contributed by atoms with E-state index in [0.717, 1.165) is 15.6 Å². The van der Waals surface area contributed by atoms with Gasteiger partial charge in [-0.05, 0) is 20.8 Å². The third kappa shape index (κ3) is 2.73. The molecule has 104 valence electrons. The highest BCUT2D eigenvalue weighted by Crippen LogP contribution is 2.31. The lowest BCUT2D eigenvalue weighted by Gasteiger charge is -1.90. The number of rotatable bonds is 4. The van der Waals surface area contributed by atoms with Crippen LogP contribution in [0.4, 0.5) is 0 Å². The van der Waals surface area contributed by atoms with Gasteiger partial charge in [-0.25, -0.2) is 4.98 Å². The SMILES string of the molecule is Cc1noc(CSc2nnc(-c3sc(C)nc3C)o2)n1. The van der Waals surface area contributed by atoms with Crippen molar-refractivity contribution in [2.24, 2.45) is 0 Å². The second-order valence-corrected chi connectivity index (χ2v) is 6.17. The maximum atomic E-state index is 5.61. The lowest BCUT2D eigenvalue weighted by Crippen LogP contribution is -1.80. The molecule has 0 amide bonds. The van der Waals surface area contributed by atoms with Crippen LogP contribution in [0.5, 0.6) is 0 Å². The second-order valence-electron chi connectivity index (χ2n) is 4.04. The molecule has 0 aliphatic carbocycles. The van der Waals surface area contributed by atoms with Gasteiger partial charge in [0.25, 0.3) is 11.1 Å². The number of thiazole rings is 1. The first kappa shape index (κ1) is 13.3. The van der Waals surface area contributed by atoms with E-state index in [-0.39, 0.29) is 0 Å². The Labute approximate surface area is 122 Å². The molecule has 9 heteroatoms. The van der Waals surface area contributed by atoms with E-state index in [2.05, 4.69) is 25.3 Å². The molecule has 0 spiro atoms. The second kappa shape index (κ2) is 5.33. The van der Waals surface area contributed by atoms with Crippen LogP contribution in [0.15, 0.2) is 14.2 Å². The Bertz CT molecular complexity index is 733. The minimum atomic E-state index is 0.473. The summed E-state index contributed by atoms with van der Waals surface area (Å²) in [5.74, 6) is 2.15. The van der Waals surface area contributed by atoms with E-state index in [0.29, 0.717) is 28.6 Å². The first-order valence-corrected chi connectivity index (χ1v) is 7.62. The normalized spacial score (nSPS) is 11.2. The molecule has 0 unspecified atom stereocenters. The molecule has 0 saturated carbocycles.